The molecule has 0 amide bonds. The van der Waals surface area contributed by atoms with Crippen LogP contribution in [0.3, 0.4) is 0 Å². The van der Waals surface area contributed by atoms with Crippen LogP contribution in [-0.4, -0.2) is 73.9 Å². The van der Waals surface area contributed by atoms with Crippen LogP contribution in [-0.2, 0) is 48.6 Å². The largest absolute Gasteiger partial charge is 0.465 e. The maximum Gasteiger partial charge on any atom is 0.386 e. The third-order valence-electron chi connectivity index (χ3n) is 7.92. The molecule has 5 aromatic carbocycles. The van der Waals surface area contributed by atoms with Gasteiger partial charge in [-0.05, 0) is 121 Å². The third kappa shape index (κ3) is 11.5. The Morgan fingerprint density at radius 1 is 0.210 bits per heavy atom. The van der Waals surface area contributed by atoms with E-state index >= 15 is 0 Å². The van der Waals surface area contributed by atoms with E-state index in [1.807, 2.05) is 0 Å². The molecule has 20 heteroatoms. The van der Waals surface area contributed by atoms with E-state index in [9.17, 15) is 47.9 Å². The lowest BCUT2D eigenvalue weighted by Gasteiger charge is -2.06. The fourth-order valence-electron chi connectivity index (χ4n) is 4.64. The van der Waals surface area contributed by atoms with Crippen LogP contribution in [0.4, 0.5) is 0 Å². The van der Waals surface area contributed by atoms with Crippen molar-refractivity contribution in [2.24, 2.45) is 0 Å². The molecule has 0 saturated heterocycles. The number of carbonyl (C=O) groups is 10. The van der Waals surface area contributed by atoms with Crippen LogP contribution in [0.2, 0.25) is 0 Å². The highest BCUT2D eigenvalue weighted by atomic mass is 17.2. The Bertz CT molecular complexity index is 2350. The monoisotopic (exact) mass is 850 g/mol. The third-order valence-corrected chi connectivity index (χ3v) is 7.92. The van der Waals surface area contributed by atoms with Gasteiger partial charge in [0.1, 0.15) is 0 Å². The molecule has 0 heterocycles. The van der Waals surface area contributed by atoms with Crippen LogP contribution in [0.15, 0.2) is 121 Å². The summed E-state index contributed by atoms with van der Waals surface area (Å²) in [5.74, 6) is -10.1. The molecule has 0 bridgehead atoms. The molecule has 0 spiro atoms. The molecule has 0 atom stereocenters. The summed E-state index contributed by atoms with van der Waals surface area (Å²) < 4.78 is 9.13. The number of rotatable bonds is 10. The molecule has 0 aliphatic rings. The van der Waals surface area contributed by atoms with Crippen molar-refractivity contribution < 1.29 is 96.5 Å². The second-order valence-electron chi connectivity index (χ2n) is 11.8. The Morgan fingerprint density at radius 2 is 0.306 bits per heavy atom. The molecular weight excluding hydrogens is 824 g/mol. The van der Waals surface area contributed by atoms with Crippen molar-refractivity contribution in [3.8, 4) is 0 Å². The average Bonchev–Trinajstić information content (AvgIpc) is 3.32. The van der Waals surface area contributed by atoms with E-state index in [1.165, 1.54) is 62.8 Å². The molecule has 0 radical (unpaired) electrons. The number of carbonyl (C=O) groups excluding carboxylic acids is 10. The van der Waals surface area contributed by atoms with Crippen LogP contribution in [0.5, 0.6) is 0 Å². The van der Waals surface area contributed by atoms with Gasteiger partial charge in [0, 0.05) is 0 Å². The normalized spacial score (nSPS) is 10.1. The maximum absolute atomic E-state index is 12.4. The summed E-state index contributed by atoms with van der Waals surface area (Å²) in [5.41, 5.74) is -0.666. The molecule has 0 N–H and O–H groups in total. The first-order chi connectivity index (χ1) is 29.8. The van der Waals surface area contributed by atoms with Crippen LogP contribution < -0.4 is 0 Å². The van der Waals surface area contributed by atoms with E-state index in [4.69, 9.17) is 0 Å². The van der Waals surface area contributed by atoms with Gasteiger partial charge in [-0.3, -0.25) is 0 Å². The van der Waals surface area contributed by atoms with Crippen LogP contribution in [0.1, 0.15) is 104 Å². The first-order valence-corrected chi connectivity index (χ1v) is 17.2. The fourth-order valence-corrected chi connectivity index (χ4v) is 4.64. The second-order valence-corrected chi connectivity index (χ2v) is 11.8. The predicted octanol–water partition coefficient (Wildman–Crippen LogP) is 4.98. The molecule has 314 valence electrons. The molecule has 0 aromatic heterocycles. The molecule has 0 unspecified atom stereocenters. The lowest BCUT2D eigenvalue weighted by molar-refractivity contribution is -0.188. The molecule has 0 aliphatic heterocycles. The van der Waals surface area contributed by atoms with Crippen molar-refractivity contribution in [3.05, 3.63) is 177 Å². The van der Waals surface area contributed by atoms with Gasteiger partial charge in [0.25, 0.3) is 0 Å². The van der Waals surface area contributed by atoms with Crippen molar-refractivity contribution in [2.45, 2.75) is 0 Å². The van der Waals surface area contributed by atoms with E-state index in [1.54, 1.807) is 0 Å². The Balaban J connectivity index is 1.02. The van der Waals surface area contributed by atoms with E-state index in [0.29, 0.717) is 0 Å². The van der Waals surface area contributed by atoms with Gasteiger partial charge in [-0.2, -0.15) is 0 Å². The number of hydrogen-bond donors (Lipinski definition) is 0. The minimum absolute atomic E-state index is 0.0312. The Hall–Kier alpha value is -9.20. The van der Waals surface area contributed by atoms with E-state index in [2.05, 4.69) is 48.6 Å². The SMILES string of the molecule is COC(=O)c1ccc(C(=O)OOC(=O)c2ccc(C(=O)OOC(=O)c3ccc(C(=O)OOC(=O)c4ccc(C(=O)OOC(=O)c5ccc(C(=O)OC)cc5)cc4)cc3)cc2)cc1. The van der Waals surface area contributed by atoms with Gasteiger partial charge >= 0.3 is 59.7 Å². The van der Waals surface area contributed by atoms with Gasteiger partial charge < -0.3 is 9.47 Å². The highest BCUT2D eigenvalue weighted by molar-refractivity contribution is 5.98. The van der Waals surface area contributed by atoms with Crippen molar-refractivity contribution >= 4 is 59.7 Å². The quantitative estimate of drug-likeness (QED) is 0.102. The second kappa shape index (κ2) is 20.5. The minimum atomic E-state index is -1.15. The van der Waals surface area contributed by atoms with Crippen LogP contribution in [0.25, 0.3) is 0 Å². The van der Waals surface area contributed by atoms with Crippen LogP contribution >= 0.6 is 0 Å². The topological polar surface area (TPSA) is 263 Å². The van der Waals surface area contributed by atoms with Gasteiger partial charge in [-0.25, -0.2) is 87.0 Å². The summed E-state index contributed by atoms with van der Waals surface area (Å²) in [6.07, 6.45) is 0. The molecular formula is C42H26O20. The molecule has 0 aliphatic carbocycles. The fraction of sp³-hybridized carbons (Fsp3) is 0.0476. The van der Waals surface area contributed by atoms with E-state index < -0.39 is 59.7 Å². The first kappa shape index (κ1) is 43.9. The van der Waals surface area contributed by atoms with E-state index in [-0.39, 0.29) is 55.6 Å². The standard InChI is InChI=1S/C42H26O20/c1-53-33(43)23-3-7-25(8-4-23)35(45)55-57-37(47)27-11-15-29(16-12-27)39(49)59-61-41(51)31-19-21-32(22-20-31)42(52)62-60-40(50)30-17-13-28(14-18-30)38(48)58-56-36(46)26-9-5-24(6-10-26)34(44)54-2/h3-22H,1-2H3. The summed E-state index contributed by atoms with van der Waals surface area (Å²) in [7, 11) is 2.38. The summed E-state index contributed by atoms with van der Waals surface area (Å²) in [5, 5.41) is 0. The van der Waals surface area contributed by atoms with Gasteiger partial charge in [0.2, 0.25) is 0 Å². The van der Waals surface area contributed by atoms with Crippen LogP contribution in [0, 0.1) is 0 Å². The molecule has 5 aromatic rings. The number of hydrogen-bond acceptors (Lipinski definition) is 20. The highest BCUT2D eigenvalue weighted by Gasteiger charge is 2.21. The summed E-state index contributed by atoms with van der Waals surface area (Å²) in [4.78, 5) is 158. The summed E-state index contributed by atoms with van der Waals surface area (Å²) >= 11 is 0. The first-order valence-electron chi connectivity index (χ1n) is 17.2. The van der Waals surface area contributed by atoms with Crippen molar-refractivity contribution in [2.75, 3.05) is 14.2 Å². The smallest absolute Gasteiger partial charge is 0.386 e. The lowest BCUT2D eigenvalue weighted by atomic mass is 10.1. The zero-order chi connectivity index (χ0) is 44.8. The molecule has 62 heavy (non-hydrogen) atoms. The Morgan fingerprint density at radius 3 is 0.403 bits per heavy atom. The highest BCUT2D eigenvalue weighted by Crippen LogP contribution is 2.15. The van der Waals surface area contributed by atoms with E-state index in [0.717, 1.165) is 72.8 Å². The molecule has 5 rings (SSSR count). The van der Waals surface area contributed by atoms with Gasteiger partial charge in [-0.1, -0.05) is 0 Å². The number of esters is 2. The molecule has 20 nitrogen and oxygen atoms in total. The molecule has 0 fully saturated rings. The number of methoxy groups -OCH3 is 2. The Kier molecular flexibility index (Phi) is 14.5. The number of ether oxygens (including phenoxy) is 2. The lowest BCUT2D eigenvalue weighted by Crippen LogP contribution is -2.14. The average molecular weight is 851 g/mol. The predicted molar refractivity (Wildman–Crippen MR) is 198 cm³/mol. The maximum atomic E-state index is 12.4. The van der Waals surface area contributed by atoms with Gasteiger partial charge in [-0.15, -0.1) is 0 Å². The van der Waals surface area contributed by atoms with Crippen molar-refractivity contribution in [1.29, 1.82) is 0 Å². The summed E-state index contributed by atoms with van der Waals surface area (Å²) in [6.45, 7) is 0. The number of benzene rings is 5. The Labute approximate surface area is 347 Å². The summed E-state index contributed by atoms with van der Waals surface area (Å²) in [6, 6.07) is 23.7. The zero-order valence-electron chi connectivity index (χ0n) is 31.7. The minimum Gasteiger partial charge on any atom is -0.465 e. The van der Waals surface area contributed by atoms with Gasteiger partial charge in [0.15, 0.2) is 0 Å². The zero-order valence-corrected chi connectivity index (χ0v) is 31.7. The van der Waals surface area contributed by atoms with Crippen molar-refractivity contribution in [3.63, 3.8) is 0 Å². The van der Waals surface area contributed by atoms with Crippen molar-refractivity contribution in [1.82, 2.24) is 0 Å². The van der Waals surface area contributed by atoms with Gasteiger partial charge in [0.05, 0.1) is 69.9 Å². The molecule has 0 saturated carbocycles.